The maximum Gasteiger partial charge on any atom is 0.337 e. The summed E-state index contributed by atoms with van der Waals surface area (Å²) in [6, 6.07) is 6.76. The zero-order valence-corrected chi connectivity index (χ0v) is 9.45. The number of hydrogen-bond donors (Lipinski definition) is 2. The number of hydrogen-bond acceptors (Lipinski definition) is 4. The molecule has 1 rings (SSSR count). The van der Waals surface area contributed by atoms with Gasteiger partial charge in [-0.3, -0.25) is 5.43 Å². The Kier molecular flexibility index (Phi) is 4.41. The van der Waals surface area contributed by atoms with Crippen LogP contribution in [0.2, 0.25) is 0 Å². The van der Waals surface area contributed by atoms with E-state index in [9.17, 15) is 4.79 Å². The molecule has 0 aromatic heterocycles. The van der Waals surface area contributed by atoms with Crippen LogP contribution in [0.3, 0.4) is 0 Å². The van der Waals surface area contributed by atoms with Gasteiger partial charge in [-0.15, -0.1) is 0 Å². The zero-order valence-electron chi connectivity index (χ0n) is 8.64. The Hall–Kier alpha value is -1.95. The molecule has 0 aliphatic carbocycles. The van der Waals surface area contributed by atoms with E-state index in [0.29, 0.717) is 5.56 Å². The predicted molar refractivity (Wildman–Crippen MR) is 65.3 cm³/mol. The average Bonchev–Trinajstić information content (AvgIpc) is 2.28. The smallest absolute Gasteiger partial charge is 0.337 e. The van der Waals surface area contributed by atoms with Crippen molar-refractivity contribution >= 4 is 29.5 Å². The van der Waals surface area contributed by atoms with Crippen LogP contribution in [0.25, 0.3) is 0 Å². The Morgan fingerprint density at radius 1 is 1.50 bits per heavy atom. The fourth-order valence-electron chi connectivity index (χ4n) is 0.994. The van der Waals surface area contributed by atoms with Crippen LogP contribution < -0.4 is 11.2 Å². The first-order valence-corrected chi connectivity index (χ1v) is 4.81. The Morgan fingerprint density at radius 3 is 2.62 bits per heavy atom. The summed E-state index contributed by atoms with van der Waals surface area (Å²) >= 11 is 4.57. The van der Waals surface area contributed by atoms with E-state index in [4.69, 9.17) is 5.73 Å². The molecule has 1 aromatic carbocycles. The standard InChI is InChI=1S/C10H11N3O2S/c1-15-9(14)8-4-2-7(3-5-8)6-12-13-10(11)16/h2-6H,1H3,(H3,11,13,16)/b12-6-. The molecule has 3 N–H and O–H groups in total. The minimum Gasteiger partial charge on any atom is -0.465 e. The van der Waals surface area contributed by atoms with Gasteiger partial charge in [-0.25, -0.2) is 4.79 Å². The monoisotopic (exact) mass is 237 g/mol. The van der Waals surface area contributed by atoms with E-state index >= 15 is 0 Å². The molecule has 0 bridgehead atoms. The van der Waals surface area contributed by atoms with E-state index in [0.717, 1.165) is 5.56 Å². The number of nitrogens with one attached hydrogen (secondary N) is 1. The van der Waals surface area contributed by atoms with E-state index in [1.54, 1.807) is 30.5 Å². The van der Waals surface area contributed by atoms with Crippen molar-refractivity contribution in [2.75, 3.05) is 7.11 Å². The second-order valence-corrected chi connectivity index (χ2v) is 3.29. The Labute approximate surface area is 98.3 Å². The molecule has 0 heterocycles. The van der Waals surface area contributed by atoms with Gasteiger partial charge >= 0.3 is 5.97 Å². The van der Waals surface area contributed by atoms with Crippen LogP contribution in [0.5, 0.6) is 0 Å². The highest BCUT2D eigenvalue weighted by Crippen LogP contribution is 2.03. The molecule has 0 fully saturated rings. The molecule has 0 saturated carbocycles. The summed E-state index contributed by atoms with van der Waals surface area (Å²) in [7, 11) is 1.34. The molecule has 0 atom stereocenters. The molecule has 0 aliphatic rings. The van der Waals surface area contributed by atoms with Gasteiger partial charge in [-0.2, -0.15) is 5.10 Å². The van der Waals surface area contributed by atoms with Crippen molar-refractivity contribution < 1.29 is 9.53 Å². The normalized spacial score (nSPS) is 10.1. The van der Waals surface area contributed by atoms with Crippen molar-refractivity contribution in [3.63, 3.8) is 0 Å². The first kappa shape index (κ1) is 12.1. The van der Waals surface area contributed by atoms with Crippen LogP contribution in [-0.4, -0.2) is 24.4 Å². The van der Waals surface area contributed by atoms with Crippen LogP contribution in [0.15, 0.2) is 29.4 Å². The topological polar surface area (TPSA) is 76.7 Å². The second kappa shape index (κ2) is 5.82. The van der Waals surface area contributed by atoms with Gasteiger partial charge < -0.3 is 10.5 Å². The Bertz CT molecular complexity index is 415. The van der Waals surface area contributed by atoms with Crippen molar-refractivity contribution in [2.24, 2.45) is 10.8 Å². The maximum absolute atomic E-state index is 11.1. The highest BCUT2D eigenvalue weighted by Gasteiger charge is 2.02. The molecule has 84 valence electrons. The summed E-state index contributed by atoms with van der Waals surface area (Å²) in [5, 5.41) is 3.88. The molecule has 1 aromatic rings. The molecule has 6 heteroatoms. The fraction of sp³-hybridized carbons (Fsp3) is 0.100. The van der Waals surface area contributed by atoms with E-state index in [1.807, 2.05) is 0 Å². The van der Waals surface area contributed by atoms with Crippen molar-refractivity contribution in [1.82, 2.24) is 5.43 Å². The van der Waals surface area contributed by atoms with Gasteiger partial charge in [0, 0.05) is 0 Å². The number of hydrazone groups is 1. The minimum atomic E-state index is -0.371. The highest BCUT2D eigenvalue weighted by atomic mass is 32.1. The molecule has 16 heavy (non-hydrogen) atoms. The predicted octanol–water partition coefficient (Wildman–Crippen LogP) is 0.640. The summed E-state index contributed by atoms with van der Waals surface area (Å²) in [6.07, 6.45) is 1.54. The SMILES string of the molecule is COC(=O)c1ccc(/C=N\NC(N)=S)cc1. The number of nitrogens with zero attached hydrogens (tertiary/aromatic N) is 1. The number of esters is 1. The molecule has 0 amide bonds. The lowest BCUT2D eigenvalue weighted by atomic mass is 10.1. The number of nitrogens with two attached hydrogens (primary N) is 1. The van der Waals surface area contributed by atoms with E-state index < -0.39 is 0 Å². The van der Waals surface area contributed by atoms with Crippen LogP contribution in [0.4, 0.5) is 0 Å². The molecule has 5 nitrogen and oxygen atoms in total. The van der Waals surface area contributed by atoms with Gasteiger partial charge in [0.1, 0.15) is 0 Å². The summed E-state index contributed by atoms with van der Waals surface area (Å²) in [5.41, 5.74) is 8.92. The number of thiocarbonyl (C=S) groups is 1. The molecule has 0 spiro atoms. The molecule has 0 radical (unpaired) electrons. The number of carbonyl (C=O) groups is 1. The van der Waals surface area contributed by atoms with Crippen molar-refractivity contribution in [2.45, 2.75) is 0 Å². The lowest BCUT2D eigenvalue weighted by molar-refractivity contribution is 0.0601. The number of carbonyl (C=O) groups excluding carboxylic acids is 1. The van der Waals surface area contributed by atoms with E-state index in [2.05, 4.69) is 27.5 Å². The highest BCUT2D eigenvalue weighted by molar-refractivity contribution is 7.80. The molecule has 0 aliphatic heterocycles. The molecular formula is C10H11N3O2S. The summed E-state index contributed by atoms with van der Waals surface area (Å²) in [6.45, 7) is 0. The number of rotatable bonds is 3. The summed E-state index contributed by atoms with van der Waals surface area (Å²) in [4.78, 5) is 11.1. The van der Waals surface area contributed by atoms with Crippen molar-refractivity contribution in [3.8, 4) is 0 Å². The lowest BCUT2D eigenvalue weighted by Crippen LogP contribution is -2.23. The van der Waals surface area contributed by atoms with Crippen LogP contribution in [0, 0.1) is 0 Å². The van der Waals surface area contributed by atoms with Gasteiger partial charge in [-0.05, 0) is 29.9 Å². The Balaban J connectivity index is 2.68. The maximum atomic E-state index is 11.1. The molecule has 0 unspecified atom stereocenters. The summed E-state index contributed by atoms with van der Waals surface area (Å²) in [5.74, 6) is -0.371. The van der Waals surface area contributed by atoms with Crippen LogP contribution >= 0.6 is 12.2 Å². The number of methoxy groups -OCH3 is 1. The molecule has 0 saturated heterocycles. The van der Waals surface area contributed by atoms with E-state index in [-0.39, 0.29) is 11.1 Å². The third-order valence-electron chi connectivity index (χ3n) is 1.72. The van der Waals surface area contributed by atoms with Gasteiger partial charge in [0.05, 0.1) is 18.9 Å². The number of benzene rings is 1. The van der Waals surface area contributed by atoms with Gasteiger partial charge in [0.15, 0.2) is 5.11 Å². The second-order valence-electron chi connectivity index (χ2n) is 2.85. The summed E-state index contributed by atoms with van der Waals surface area (Å²) < 4.78 is 4.57. The largest absolute Gasteiger partial charge is 0.465 e. The third kappa shape index (κ3) is 3.66. The first-order valence-electron chi connectivity index (χ1n) is 4.40. The molecular weight excluding hydrogens is 226 g/mol. The first-order chi connectivity index (χ1) is 7.63. The lowest BCUT2D eigenvalue weighted by Gasteiger charge is -1.99. The average molecular weight is 237 g/mol. The van der Waals surface area contributed by atoms with Crippen LogP contribution in [0.1, 0.15) is 15.9 Å². The van der Waals surface area contributed by atoms with Crippen molar-refractivity contribution in [3.05, 3.63) is 35.4 Å². The van der Waals surface area contributed by atoms with Crippen LogP contribution in [-0.2, 0) is 4.74 Å². The van der Waals surface area contributed by atoms with E-state index in [1.165, 1.54) is 7.11 Å². The quantitative estimate of drug-likeness (QED) is 0.349. The van der Waals surface area contributed by atoms with Gasteiger partial charge in [-0.1, -0.05) is 12.1 Å². The minimum absolute atomic E-state index is 0.0995. The van der Waals surface area contributed by atoms with Gasteiger partial charge in [0.25, 0.3) is 0 Å². The van der Waals surface area contributed by atoms with Crippen molar-refractivity contribution in [1.29, 1.82) is 0 Å². The van der Waals surface area contributed by atoms with Gasteiger partial charge in [0.2, 0.25) is 0 Å². The third-order valence-corrected chi connectivity index (χ3v) is 1.81. The number of ether oxygens (including phenoxy) is 1. The zero-order chi connectivity index (χ0) is 12.0. The fourth-order valence-corrected chi connectivity index (χ4v) is 1.05. The Morgan fingerprint density at radius 2 is 2.12 bits per heavy atom.